The quantitative estimate of drug-likeness (QED) is 0.697. The Morgan fingerprint density at radius 3 is 2.71 bits per heavy atom. The minimum atomic E-state index is 0.370. The predicted molar refractivity (Wildman–Crippen MR) is 55.3 cm³/mol. The highest BCUT2D eigenvalue weighted by Crippen LogP contribution is 2.30. The van der Waals surface area contributed by atoms with Crippen molar-refractivity contribution in [3.05, 3.63) is 18.0 Å². The Kier molecular flexibility index (Phi) is 2.82. The van der Waals surface area contributed by atoms with Gasteiger partial charge in [0, 0.05) is 30.5 Å². The summed E-state index contributed by atoms with van der Waals surface area (Å²) in [7, 11) is 0. The van der Waals surface area contributed by atoms with Gasteiger partial charge in [-0.1, -0.05) is 11.8 Å². The van der Waals surface area contributed by atoms with E-state index >= 15 is 0 Å². The fraction of sp³-hybridized carbons (Fsp3) is 0.500. The Hall–Kier alpha value is -0.900. The SMILES string of the molecule is Cc1cnc(SC2CCC(=O)C2)nc1. The van der Waals surface area contributed by atoms with Crippen LogP contribution in [0.3, 0.4) is 0 Å². The molecule has 4 heteroatoms. The number of aromatic nitrogens is 2. The number of ketones is 1. The number of hydrogen-bond acceptors (Lipinski definition) is 4. The Balaban J connectivity index is 1.97. The van der Waals surface area contributed by atoms with E-state index in [1.807, 2.05) is 19.3 Å². The van der Waals surface area contributed by atoms with Crippen LogP contribution in [-0.4, -0.2) is 21.0 Å². The minimum Gasteiger partial charge on any atom is -0.300 e. The molecule has 0 saturated heterocycles. The van der Waals surface area contributed by atoms with Gasteiger partial charge in [0.05, 0.1) is 0 Å². The molecule has 0 amide bonds. The minimum absolute atomic E-state index is 0.370. The van der Waals surface area contributed by atoms with Gasteiger partial charge >= 0.3 is 0 Å². The average molecular weight is 208 g/mol. The van der Waals surface area contributed by atoms with E-state index in [4.69, 9.17) is 0 Å². The molecule has 0 radical (unpaired) electrons. The molecule has 3 nitrogen and oxygen atoms in total. The first-order valence-electron chi connectivity index (χ1n) is 4.71. The molecule has 14 heavy (non-hydrogen) atoms. The summed E-state index contributed by atoms with van der Waals surface area (Å²) in [4.78, 5) is 19.5. The van der Waals surface area contributed by atoms with E-state index in [-0.39, 0.29) is 0 Å². The van der Waals surface area contributed by atoms with Gasteiger partial charge in [-0.25, -0.2) is 9.97 Å². The molecule has 2 rings (SSSR count). The lowest BCUT2D eigenvalue weighted by molar-refractivity contribution is -0.117. The van der Waals surface area contributed by atoms with E-state index in [9.17, 15) is 4.79 Å². The van der Waals surface area contributed by atoms with Crippen LogP contribution < -0.4 is 0 Å². The van der Waals surface area contributed by atoms with Crippen molar-refractivity contribution < 1.29 is 4.79 Å². The third-order valence-corrected chi connectivity index (χ3v) is 3.39. The molecule has 1 atom stereocenters. The number of nitrogens with zero attached hydrogens (tertiary/aromatic N) is 2. The third kappa shape index (κ3) is 2.32. The van der Waals surface area contributed by atoms with Crippen molar-refractivity contribution in [2.24, 2.45) is 0 Å². The number of aryl methyl sites for hydroxylation is 1. The van der Waals surface area contributed by atoms with Crippen LogP contribution >= 0.6 is 11.8 Å². The summed E-state index contributed by atoms with van der Waals surface area (Å²) in [5.41, 5.74) is 1.07. The van der Waals surface area contributed by atoms with Crippen molar-refractivity contribution in [1.82, 2.24) is 9.97 Å². The van der Waals surface area contributed by atoms with Crippen molar-refractivity contribution in [2.45, 2.75) is 36.6 Å². The zero-order valence-electron chi connectivity index (χ0n) is 8.06. The second-order valence-corrected chi connectivity index (χ2v) is 4.83. The van der Waals surface area contributed by atoms with Crippen LogP contribution in [0.15, 0.2) is 17.6 Å². The standard InChI is InChI=1S/C10H12N2OS/c1-7-5-11-10(12-6-7)14-9-3-2-8(13)4-9/h5-6,9H,2-4H2,1H3. The molecule has 1 saturated carbocycles. The normalized spacial score (nSPS) is 21.5. The molecule has 1 aromatic rings. The van der Waals surface area contributed by atoms with Crippen molar-refractivity contribution >= 4 is 17.5 Å². The predicted octanol–water partition coefficient (Wildman–Crippen LogP) is 2.00. The fourth-order valence-corrected chi connectivity index (χ4v) is 2.50. The van der Waals surface area contributed by atoms with E-state index in [0.29, 0.717) is 17.5 Å². The largest absolute Gasteiger partial charge is 0.300 e. The summed E-state index contributed by atoms with van der Waals surface area (Å²) in [6.07, 6.45) is 6.00. The summed E-state index contributed by atoms with van der Waals surface area (Å²) >= 11 is 1.62. The molecule has 0 spiro atoms. The first-order chi connectivity index (χ1) is 6.74. The molecule has 1 aromatic heterocycles. The molecular formula is C10H12N2OS. The molecular weight excluding hydrogens is 196 g/mol. The molecule has 0 bridgehead atoms. The van der Waals surface area contributed by atoms with Gasteiger partial charge in [0.2, 0.25) is 0 Å². The molecule has 74 valence electrons. The summed E-state index contributed by atoms with van der Waals surface area (Å²) in [6, 6.07) is 0. The van der Waals surface area contributed by atoms with Gasteiger partial charge in [-0.05, 0) is 18.9 Å². The first kappa shape index (κ1) is 9.65. The number of thioether (sulfide) groups is 1. The number of carbonyl (C=O) groups excluding carboxylic acids is 1. The number of Topliss-reactive ketones (excluding diaryl/α,β-unsaturated/α-hetero) is 1. The molecule has 1 fully saturated rings. The van der Waals surface area contributed by atoms with Gasteiger partial charge < -0.3 is 0 Å². The molecule has 1 heterocycles. The zero-order valence-corrected chi connectivity index (χ0v) is 8.88. The maximum atomic E-state index is 11.0. The van der Waals surface area contributed by atoms with Gasteiger partial charge in [0.1, 0.15) is 5.78 Å². The van der Waals surface area contributed by atoms with Gasteiger partial charge in [-0.3, -0.25) is 4.79 Å². The lowest BCUT2D eigenvalue weighted by atomic mass is 10.4. The smallest absolute Gasteiger partial charge is 0.187 e. The molecule has 1 aliphatic rings. The molecule has 0 aliphatic heterocycles. The molecule has 0 aromatic carbocycles. The third-order valence-electron chi connectivity index (χ3n) is 2.23. The van der Waals surface area contributed by atoms with E-state index in [0.717, 1.165) is 23.6 Å². The lowest BCUT2D eigenvalue weighted by Gasteiger charge is -2.05. The van der Waals surface area contributed by atoms with Crippen LogP contribution in [0.4, 0.5) is 0 Å². The van der Waals surface area contributed by atoms with E-state index < -0.39 is 0 Å². The second-order valence-electron chi connectivity index (χ2n) is 3.56. The van der Waals surface area contributed by atoms with Crippen molar-refractivity contribution in [2.75, 3.05) is 0 Å². The lowest BCUT2D eigenvalue weighted by Crippen LogP contribution is -1.98. The Morgan fingerprint density at radius 2 is 2.14 bits per heavy atom. The summed E-state index contributed by atoms with van der Waals surface area (Å²) in [6.45, 7) is 1.97. The Morgan fingerprint density at radius 1 is 1.43 bits per heavy atom. The molecule has 0 N–H and O–H groups in total. The summed E-state index contributed by atoms with van der Waals surface area (Å²) in [5, 5.41) is 1.18. The van der Waals surface area contributed by atoms with Gasteiger partial charge in [-0.15, -0.1) is 0 Å². The van der Waals surface area contributed by atoms with Crippen LogP contribution in [0.1, 0.15) is 24.8 Å². The molecule has 1 aliphatic carbocycles. The highest BCUT2D eigenvalue weighted by molar-refractivity contribution is 7.99. The van der Waals surface area contributed by atoms with Gasteiger partial charge in [0.25, 0.3) is 0 Å². The average Bonchev–Trinajstić information content (AvgIpc) is 2.56. The number of rotatable bonds is 2. The number of hydrogen-bond donors (Lipinski definition) is 0. The van der Waals surface area contributed by atoms with Crippen LogP contribution in [0, 0.1) is 6.92 Å². The van der Waals surface area contributed by atoms with Crippen LogP contribution in [0.5, 0.6) is 0 Å². The molecule has 1 unspecified atom stereocenters. The van der Waals surface area contributed by atoms with Crippen molar-refractivity contribution in [3.8, 4) is 0 Å². The highest BCUT2D eigenvalue weighted by Gasteiger charge is 2.23. The first-order valence-corrected chi connectivity index (χ1v) is 5.59. The number of carbonyl (C=O) groups is 1. The van der Waals surface area contributed by atoms with Gasteiger partial charge in [-0.2, -0.15) is 0 Å². The summed E-state index contributed by atoms with van der Waals surface area (Å²) < 4.78 is 0. The summed E-state index contributed by atoms with van der Waals surface area (Å²) in [5.74, 6) is 0.370. The maximum absolute atomic E-state index is 11.0. The van der Waals surface area contributed by atoms with E-state index in [1.165, 1.54) is 0 Å². The van der Waals surface area contributed by atoms with Crippen molar-refractivity contribution in [1.29, 1.82) is 0 Å². The highest BCUT2D eigenvalue weighted by atomic mass is 32.2. The monoisotopic (exact) mass is 208 g/mol. The zero-order chi connectivity index (χ0) is 9.97. The van der Waals surface area contributed by atoms with Crippen LogP contribution in [0.2, 0.25) is 0 Å². The maximum Gasteiger partial charge on any atom is 0.187 e. The van der Waals surface area contributed by atoms with Crippen LogP contribution in [0.25, 0.3) is 0 Å². The van der Waals surface area contributed by atoms with Crippen molar-refractivity contribution in [3.63, 3.8) is 0 Å². The van der Waals surface area contributed by atoms with Crippen LogP contribution in [-0.2, 0) is 4.79 Å². The fourth-order valence-electron chi connectivity index (χ4n) is 1.47. The topological polar surface area (TPSA) is 42.9 Å². The van der Waals surface area contributed by atoms with E-state index in [2.05, 4.69) is 9.97 Å². The Labute approximate surface area is 87.3 Å². The van der Waals surface area contributed by atoms with Gasteiger partial charge in [0.15, 0.2) is 5.16 Å². The Bertz CT molecular complexity index is 336. The van der Waals surface area contributed by atoms with E-state index in [1.54, 1.807) is 11.8 Å². The second kappa shape index (κ2) is 4.09.